The Morgan fingerprint density at radius 2 is 1.76 bits per heavy atom. The summed E-state index contributed by atoms with van der Waals surface area (Å²) in [6.45, 7) is 2.04. The van der Waals surface area contributed by atoms with Gasteiger partial charge in [-0.25, -0.2) is 0 Å². The third-order valence-corrected chi connectivity index (χ3v) is 3.97. The number of hydrogen-bond donors (Lipinski definition) is 1. The maximum absolute atomic E-state index is 6.02. The van der Waals surface area contributed by atoms with Crippen molar-refractivity contribution in [3.63, 3.8) is 0 Å². The zero-order valence-electron chi connectivity index (χ0n) is 12.1. The Hall–Kier alpha value is -1.42. The van der Waals surface area contributed by atoms with Crippen LogP contribution in [0.2, 0.25) is 10.0 Å². The van der Waals surface area contributed by atoms with Crippen LogP contribution in [0, 0.1) is 0 Å². The van der Waals surface area contributed by atoms with E-state index in [2.05, 4.69) is 5.32 Å². The van der Waals surface area contributed by atoms with Crippen LogP contribution in [0.25, 0.3) is 0 Å². The molecule has 0 aliphatic rings. The highest BCUT2D eigenvalue weighted by Crippen LogP contribution is 2.37. The van der Waals surface area contributed by atoms with Crippen LogP contribution < -0.4 is 14.8 Å². The van der Waals surface area contributed by atoms with Gasteiger partial charge in [-0.1, -0.05) is 29.3 Å². The summed E-state index contributed by atoms with van der Waals surface area (Å²) in [6.07, 6.45) is 0. The molecule has 1 N–H and O–H groups in total. The monoisotopic (exact) mass is 325 g/mol. The Morgan fingerprint density at radius 1 is 1.05 bits per heavy atom. The Labute approximate surface area is 134 Å². The van der Waals surface area contributed by atoms with E-state index in [1.54, 1.807) is 25.3 Å². The largest absolute Gasteiger partial charge is 0.496 e. The normalized spacial score (nSPS) is 12.0. The van der Waals surface area contributed by atoms with Crippen molar-refractivity contribution in [1.82, 2.24) is 5.32 Å². The summed E-state index contributed by atoms with van der Waals surface area (Å²) in [7, 11) is 3.53. The fourth-order valence-corrected chi connectivity index (χ4v) is 2.32. The van der Waals surface area contributed by atoms with E-state index in [4.69, 9.17) is 32.7 Å². The molecule has 0 amide bonds. The van der Waals surface area contributed by atoms with Crippen LogP contribution in [0.3, 0.4) is 0 Å². The van der Waals surface area contributed by atoms with Crippen LogP contribution >= 0.6 is 23.2 Å². The number of halogens is 2. The third-order valence-electron chi connectivity index (χ3n) is 3.23. The Balaban J connectivity index is 2.41. The van der Waals surface area contributed by atoms with E-state index in [9.17, 15) is 0 Å². The molecule has 2 aromatic carbocycles. The lowest BCUT2D eigenvalue weighted by molar-refractivity contribution is 0.393. The maximum Gasteiger partial charge on any atom is 0.135 e. The molecular weight excluding hydrogens is 309 g/mol. The van der Waals surface area contributed by atoms with Crippen LogP contribution in [0.5, 0.6) is 17.2 Å². The number of nitrogens with one attached hydrogen (secondary N) is 1. The van der Waals surface area contributed by atoms with Crippen molar-refractivity contribution < 1.29 is 9.47 Å². The molecule has 0 radical (unpaired) electrons. The average Bonchev–Trinajstić information content (AvgIpc) is 2.50. The van der Waals surface area contributed by atoms with Crippen molar-refractivity contribution in [3.8, 4) is 17.2 Å². The molecule has 0 aromatic heterocycles. The minimum atomic E-state index is 0.0823. The predicted molar refractivity (Wildman–Crippen MR) is 87.0 cm³/mol. The van der Waals surface area contributed by atoms with Gasteiger partial charge in [0.25, 0.3) is 0 Å². The van der Waals surface area contributed by atoms with E-state index in [0.29, 0.717) is 15.8 Å². The Morgan fingerprint density at radius 3 is 2.38 bits per heavy atom. The fraction of sp³-hybridized carbons (Fsp3) is 0.250. The zero-order valence-corrected chi connectivity index (χ0v) is 13.6. The summed E-state index contributed by atoms with van der Waals surface area (Å²) in [4.78, 5) is 0. The lowest BCUT2D eigenvalue weighted by atomic mass is 10.1. The van der Waals surface area contributed by atoms with Gasteiger partial charge in [0.1, 0.15) is 17.2 Å². The first-order chi connectivity index (χ1) is 10.1. The van der Waals surface area contributed by atoms with Gasteiger partial charge < -0.3 is 14.8 Å². The highest BCUT2D eigenvalue weighted by atomic mass is 35.5. The second-order valence-electron chi connectivity index (χ2n) is 4.56. The second-order valence-corrected chi connectivity index (χ2v) is 5.37. The number of methoxy groups -OCH3 is 1. The van der Waals surface area contributed by atoms with E-state index in [-0.39, 0.29) is 6.04 Å². The van der Waals surface area contributed by atoms with Crippen molar-refractivity contribution in [3.05, 3.63) is 52.0 Å². The van der Waals surface area contributed by atoms with Crippen molar-refractivity contribution in [1.29, 1.82) is 0 Å². The van der Waals surface area contributed by atoms with Crippen molar-refractivity contribution >= 4 is 23.2 Å². The van der Waals surface area contributed by atoms with Crippen LogP contribution in [0.1, 0.15) is 18.5 Å². The molecule has 21 heavy (non-hydrogen) atoms. The van der Waals surface area contributed by atoms with E-state index in [0.717, 1.165) is 17.1 Å². The molecule has 0 aliphatic heterocycles. The van der Waals surface area contributed by atoms with Gasteiger partial charge in [-0.2, -0.15) is 0 Å². The van der Waals surface area contributed by atoms with Gasteiger partial charge in [0, 0.05) is 12.1 Å². The first-order valence-electron chi connectivity index (χ1n) is 6.54. The molecule has 3 nitrogen and oxygen atoms in total. The lowest BCUT2D eigenvalue weighted by Crippen LogP contribution is -2.14. The molecule has 0 spiro atoms. The summed E-state index contributed by atoms with van der Waals surface area (Å²) in [6, 6.07) is 11.0. The highest BCUT2D eigenvalue weighted by molar-refractivity contribution is 6.42. The van der Waals surface area contributed by atoms with Crippen LogP contribution in [-0.4, -0.2) is 14.2 Å². The topological polar surface area (TPSA) is 30.5 Å². The third kappa shape index (κ3) is 3.62. The van der Waals surface area contributed by atoms with Crippen LogP contribution in [-0.2, 0) is 0 Å². The van der Waals surface area contributed by atoms with E-state index in [1.807, 2.05) is 32.2 Å². The Bertz CT molecular complexity index is 632. The van der Waals surface area contributed by atoms with Gasteiger partial charge in [0.05, 0.1) is 22.7 Å². The standard InChI is InChI=1S/C16H17Cl2NO2/c1-10(19-2)16-14(20-3)5-4-6-15(16)21-11-7-8-12(17)13(18)9-11/h4-10,19H,1-3H3. The molecule has 0 fully saturated rings. The Kier molecular flexibility index (Phi) is 5.34. The minimum Gasteiger partial charge on any atom is -0.496 e. The van der Waals surface area contributed by atoms with Gasteiger partial charge in [0.2, 0.25) is 0 Å². The van der Waals surface area contributed by atoms with Gasteiger partial charge in [-0.15, -0.1) is 0 Å². The molecule has 0 heterocycles. The summed E-state index contributed by atoms with van der Waals surface area (Å²) >= 11 is 11.9. The minimum absolute atomic E-state index is 0.0823. The van der Waals surface area contributed by atoms with Crippen LogP contribution in [0.4, 0.5) is 0 Å². The van der Waals surface area contributed by atoms with Gasteiger partial charge in [-0.3, -0.25) is 0 Å². The molecule has 2 rings (SSSR count). The smallest absolute Gasteiger partial charge is 0.135 e. The molecule has 0 bridgehead atoms. The maximum atomic E-state index is 6.02. The van der Waals surface area contributed by atoms with Crippen LogP contribution in [0.15, 0.2) is 36.4 Å². The molecule has 112 valence electrons. The molecular formula is C16H17Cl2NO2. The molecule has 1 unspecified atom stereocenters. The highest BCUT2D eigenvalue weighted by Gasteiger charge is 2.16. The first-order valence-corrected chi connectivity index (χ1v) is 7.29. The predicted octanol–water partition coefficient (Wildman–Crippen LogP) is 5.07. The molecule has 5 heteroatoms. The van der Waals surface area contributed by atoms with Crippen molar-refractivity contribution in [2.24, 2.45) is 0 Å². The lowest BCUT2D eigenvalue weighted by Gasteiger charge is -2.19. The average molecular weight is 326 g/mol. The zero-order chi connectivity index (χ0) is 15.4. The summed E-state index contributed by atoms with van der Waals surface area (Å²) in [5.74, 6) is 2.12. The molecule has 1 atom stereocenters. The van der Waals surface area contributed by atoms with Gasteiger partial charge in [0.15, 0.2) is 0 Å². The molecule has 0 aliphatic carbocycles. The molecule has 2 aromatic rings. The SMILES string of the molecule is CNC(C)c1c(OC)cccc1Oc1ccc(Cl)c(Cl)c1. The van der Waals surface area contributed by atoms with Gasteiger partial charge >= 0.3 is 0 Å². The summed E-state index contributed by atoms with van der Waals surface area (Å²) in [5, 5.41) is 4.15. The number of benzene rings is 2. The first kappa shape index (κ1) is 16.0. The van der Waals surface area contributed by atoms with Crippen molar-refractivity contribution in [2.45, 2.75) is 13.0 Å². The van der Waals surface area contributed by atoms with E-state index < -0.39 is 0 Å². The quantitative estimate of drug-likeness (QED) is 0.831. The van der Waals surface area contributed by atoms with E-state index >= 15 is 0 Å². The summed E-state index contributed by atoms with van der Waals surface area (Å²) in [5.41, 5.74) is 0.952. The number of ether oxygens (including phenoxy) is 2. The number of hydrogen-bond acceptors (Lipinski definition) is 3. The van der Waals surface area contributed by atoms with E-state index in [1.165, 1.54) is 0 Å². The number of rotatable bonds is 5. The van der Waals surface area contributed by atoms with Gasteiger partial charge in [-0.05, 0) is 38.2 Å². The van der Waals surface area contributed by atoms with Crippen molar-refractivity contribution in [2.75, 3.05) is 14.2 Å². The molecule has 0 saturated heterocycles. The fourth-order valence-electron chi connectivity index (χ4n) is 2.03. The second kappa shape index (κ2) is 7.03. The summed E-state index contributed by atoms with van der Waals surface area (Å²) < 4.78 is 11.4. The molecule has 0 saturated carbocycles.